The number of rotatable bonds is 4. The van der Waals surface area contributed by atoms with Crippen LogP contribution in [0.1, 0.15) is 51.9 Å². The van der Waals surface area contributed by atoms with Gasteiger partial charge in [0.15, 0.2) is 5.75 Å². The summed E-state index contributed by atoms with van der Waals surface area (Å²) in [5.74, 6) is 0.849. The average Bonchev–Trinajstić information content (AvgIpc) is 2.62. The predicted molar refractivity (Wildman–Crippen MR) is 87.0 cm³/mol. The third kappa shape index (κ3) is 4.20. The zero-order chi connectivity index (χ0) is 14.5. The Kier molecular flexibility index (Phi) is 5.86. The first-order chi connectivity index (χ1) is 9.60. The van der Waals surface area contributed by atoms with Gasteiger partial charge in [0.25, 0.3) is 0 Å². The maximum atomic E-state index is 9.58. The molecule has 112 valence electrons. The first kappa shape index (κ1) is 15.8. The van der Waals surface area contributed by atoms with E-state index in [1.807, 2.05) is 0 Å². The number of halogens is 2. The minimum atomic E-state index is -0.0391. The Balaban J connectivity index is 1.96. The maximum absolute atomic E-state index is 9.58. The van der Waals surface area contributed by atoms with Crippen LogP contribution in [-0.4, -0.2) is 11.1 Å². The van der Waals surface area contributed by atoms with Crippen LogP contribution in [0.4, 0.5) is 5.69 Å². The lowest BCUT2D eigenvalue weighted by atomic mass is 9.95. The van der Waals surface area contributed by atoms with Crippen LogP contribution in [0.15, 0.2) is 12.1 Å². The summed E-state index contributed by atoms with van der Waals surface area (Å²) in [6.45, 7) is 2.26. The highest BCUT2D eigenvalue weighted by molar-refractivity contribution is 6.37. The second kappa shape index (κ2) is 7.42. The van der Waals surface area contributed by atoms with Gasteiger partial charge in [-0.3, -0.25) is 0 Å². The van der Waals surface area contributed by atoms with Crippen LogP contribution in [0.5, 0.6) is 5.75 Å². The van der Waals surface area contributed by atoms with Gasteiger partial charge < -0.3 is 10.4 Å². The maximum Gasteiger partial charge on any atom is 0.152 e. The van der Waals surface area contributed by atoms with Crippen molar-refractivity contribution in [1.82, 2.24) is 0 Å². The van der Waals surface area contributed by atoms with Crippen LogP contribution in [0.2, 0.25) is 10.0 Å². The summed E-state index contributed by atoms with van der Waals surface area (Å²) >= 11 is 11.9. The molecular weight excluding hydrogens is 293 g/mol. The number of phenols is 1. The van der Waals surface area contributed by atoms with E-state index in [0.717, 1.165) is 11.6 Å². The number of anilines is 1. The summed E-state index contributed by atoms with van der Waals surface area (Å²) in [6, 6.07) is 3.97. The molecule has 4 heteroatoms. The third-order valence-corrected chi connectivity index (χ3v) is 4.75. The summed E-state index contributed by atoms with van der Waals surface area (Å²) < 4.78 is 0. The molecule has 2 N–H and O–H groups in total. The van der Waals surface area contributed by atoms with Crippen molar-refractivity contribution in [3.8, 4) is 5.75 Å². The van der Waals surface area contributed by atoms with Crippen LogP contribution < -0.4 is 5.32 Å². The lowest BCUT2D eigenvalue weighted by Gasteiger charge is -2.19. The summed E-state index contributed by atoms with van der Waals surface area (Å²) in [4.78, 5) is 0. The van der Waals surface area contributed by atoms with Gasteiger partial charge >= 0.3 is 0 Å². The number of benzene rings is 1. The van der Waals surface area contributed by atoms with Crippen molar-refractivity contribution in [2.75, 3.05) is 5.32 Å². The molecule has 1 aliphatic carbocycles. The Labute approximate surface area is 131 Å². The molecule has 1 aromatic carbocycles. The fourth-order valence-electron chi connectivity index (χ4n) is 3.10. The zero-order valence-corrected chi connectivity index (χ0v) is 13.5. The van der Waals surface area contributed by atoms with Crippen molar-refractivity contribution < 1.29 is 5.11 Å². The van der Waals surface area contributed by atoms with Crippen LogP contribution in [0, 0.1) is 5.92 Å². The quantitative estimate of drug-likeness (QED) is 0.538. The molecule has 2 nitrogen and oxygen atoms in total. The third-order valence-electron chi connectivity index (χ3n) is 4.17. The van der Waals surface area contributed by atoms with Crippen LogP contribution in [0.3, 0.4) is 0 Å². The monoisotopic (exact) mass is 315 g/mol. The van der Waals surface area contributed by atoms with Crippen LogP contribution in [0.25, 0.3) is 0 Å². The molecule has 2 atom stereocenters. The normalized spacial score (nSPS) is 23.4. The van der Waals surface area contributed by atoms with E-state index >= 15 is 0 Å². The average molecular weight is 316 g/mol. The van der Waals surface area contributed by atoms with Crippen molar-refractivity contribution in [2.45, 2.75) is 57.9 Å². The number of hydrogen-bond acceptors (Lipinski definition) is 2. The lowest BCUT2D eigenvalue weighted by Crippen LogP contribution is -2.18. The Morgan fingerprint density at radius 1 is 1.15 bits per heavy atom. The fraction of sp³-hybridized carbons (Fsp3) is 0.625. The van der Waals surface area contributed by atoms with Gasteiger partial charge in [-0.2, -0.15) is 0 Å². The van der Waals surface area contributed by atoms with E-state index < -0.39 is 0 Å². The standard InChI is InChI=1S/C16H23Cl2NO/c1-2-4-11-5-3-6-12(8-7-11)19-13-9-14(17)16(20)15(18)10-13/h9-12,19-20H,2-8H2,1H3. The van der Waals surface area contributed by atoms with Crippen molar-refractivity contribution in [3.05, 3.63) is 22.2 Å². The summed E-state index contributed by atoms with van der Waals surface area (Å²) in [7, 11) is 0. The molecule has 1 saturated carbocycles. The molecule has 20 heavy (non-hydrogen) atoms. The highest BCUT2D eigenvalue weighted by Gasteiger charge is 2.18. The summed E-state index contributed by atoms with van der Waals surface area (Å²) in [5.41, 5.74) is 0.900. The summed E-state index contributed by atoms with van der Waals surface area (Å²) in [6.07, 6.45) is 8.95. The number of aromatic hydroxyl groups is 1. The van der Waals surface area contributed by atoms with Gasteiger partial charge in [-0.1, -0.05) is 55.8 Å². The number of nitrogens with one attached hydrogen (secondary N) is 1. The molecule has 0 aliphatic heterocycles. The van der Waals surface area contributed by atoms with Crippen LogP contribution >= 0.6 is 23.2 Å². The minimum absolute atomic E-state index is 0.0391. The number of phenolic OH excluding ortho intramolecular Hbond substituents is 1. The Morgan fingerprint density at radius 3 is 2.50 bits per heavy atom. The molecule has 0 radical (unpaired) electrons. The minimum Gasteiger partial charge on any atom is -0.505 e. The molecule has 0 aromatic heterocycles. The van der Waals surface area contributed by atoms with Gasteiger partial charge in [0.2, 0.25) is 0 Å². The van der Waals surface area contributed by atoms with Gasteiger partial charge in [0.05, 0.1) is 10.0 Å². The van der Waals surface area contributed by atoms with E-state index in [9.17, 15) is 5.11 Å². The van der Waals surface area contributed by atoms with Crippen LogP contribution in [-0.2, 0) is 0 Å². The van der Waals surface area contributed by atoms with E-state index in [1.165, 1.54) is 44.9 Å². The van der Waals surface area contributed by atoms with Gasteiger partial charge in [0, 0.05) is 11.7 Å². The fourth-order valence-corrected chi connectivity index (χ4v) is 3.59. The van der Waals surface area contributed by atoms with Crippen molar-refractivity contribution >= 4 is 28.9 Å². The molecule has 0 heterocycles. The lowest BCUT2D eigenvalue weighted by molar-refractivity contribution is 0.422. The number of hydrogen-bond donors (Lipinski definition) is 2. The Morgan fingerprint density at radius 2 is 1.85 bits per heavy atom. The molecule has 2 unspecified atom stereocenters. The summed E-state index contributed by atoms with van der Waals surface area (Å²) in [5, 5.41) is 13.7. The van der Waals surface area contributed by atoms with E-state index in [0.29, 0.717) is 16.1 Å². The van der Waals surface area contributed by atoms with Gasteiger partial charge in [0.1, 0.15) is 0 Å². The smallest absolute Gasteiger partial charge is 0.152 e. The SMILES string of the molecule is CCCC1CCCC(Nc2cc(Cl)c(O)c(Cl)c2)CC1. The molecule has 0 amide bonds. The second-order valence-corrected chi connectivity index (χ2v) is 6.61. The Bertz CT molecular complexity index is 427. The van der Waals surface area contributed by atoms with E-state index in [4.69, 9.17) is 23.2 Å². The van der Waals surface area contributed by atoms with Crippen molar-refractivity contribution in [3.63, 3.8) is 0 Å². The molecule has 1 aliphatic rings. The van der Waals surface area contributed by atoms with Crippen molar-refractivity contribution in [2.24, 2.45) is 5.92 Å². The highest BCUT2D eigenvalue weighted by Crippen LogP contribution is 2.36. The van der Waals surface area contributed by atoms with Crippen molar-refractivity contribution in [1.29, 1.82) is 0 Å². The molecule has 0 saturated heterocycles. The first-order valence-electron chi connectivity index (χ1n) is 7.54. The van der Waals surface area contributed by atoms with E-state index in [1.54, 1.807) is 12.1 Å². The first-order valence-corrected chi connectivity index (χ1v) is 8.30. The highest BCUT2D eigenvalue weighted by atomic mass is 35.5. The van der Waals surface area contributed by atoms with Gasteiger partial charge in [-0.15, -0.1) is 0 Å². The molecule has 1 fully saturated rings. The van der Waals surface area contributed by atoms with Gasteiger partial charge in [-0.05, 0) is 37.3 Å². The Hall–Kier alpha value is -0.600. The molecular formula is C16H23Cl2NO. The molecule has 1 aromatic rings. The molecule has 0 spiro atoms. The molecule has 0 bridgehead atoms. The predicted octanol–water partition coefficient (Wildman–Crippen LogP) is 5.86. The molecule has 2 rings (SSSR count). The van der Waals surface area contributed by atoms with Gasteiger partial charge in [-0.25, -0.2) is 0 Å². The second-order valence-electron chi connectivity index (χ2n) is 5.79. The zero-order valence-electron chi connectivity index (χ0n) is 12.0. The topological polar surface area (TPSA) is 32.3 Å². The largest absolute Gasteiger partial charge is 0.505 e. The van der Waals surface area contributed by atoms with E-state index in [2.05, 4.69) is 12.2 Å². The van der Waals surface area contributed by atoms with E-state index in [-0.39, 0.29) is 5.75 Å².